The molecule has 1 aliphatic rings. The summed E-state index contributed by atoms with van der Waals surface area (Å²) < 4.78 is 1.68. The van der Waals surface area contributed by atoms with Crippen LogP contribution in [0.3, 0.4) is 0 Å². The van der Waals surface area contributed by atoms with E-state index in [0.29, 0.717) is 6.54 Å². The third-order valence-corrected chi connectivity index (χ3v) is 4.68. The van der Waals surface area contributed by atoms with Crippen LogP contribution >= 0.6 is 12.8 Å². The Morgan fingerprint density at radius 2 is 1.88 bits per heavy atom. The maximum Gasteiger partial charge on any atom is 0.145 e. The number of carbonyl (C=O) groups is 1. The van der Waals surface area contributed by atoms with Crippen molar-refractivity contribution in [2.24, 2.45) is 4.99 Å². The summed E-state index contributed by atoms with van der Waals surface area (Å²) >= 11 is 4.48. The van der Waals surface area contributed by atoms with Gasteiger partial charge in [-0.1, -0.05) is 60.8 Å². The molecule has 4 nitrogen and oxygen atoms in total. The molecule has 2 aromatic rings. The summed E-state index contributed by atoms with van der Waals surface area (Å²) in [7, 11) is 0. The van der Waals surface area contributed by atoms with Crippen molar-refractivity contribution < 1.29 is 4.79 Å². The van der Waals surface area contributed by atoms with E-state index < -0.39 is 0 Å². The van der Waals surface area contributed by atoms with Crippen LogP contribution < -0.4 is 5.32 Å². The van der Waals surface area contributed by atoms with Crippen LogP contribution in [0.25, 0.3) is 0 Å². The predicted octanol–water partition coefficient (Wildman–Crippen LogP) is 3.14. The van der Waals surface area contributed by atoms with E-state index >= 15 is 0 Å². The van der Waals surface area contributed by atoms with Gasteiger partial charge >= 0.3 is 0 Å². The lowest BCUT2D eigenvalue weighted by atomic mass is 10.0. The normalized spacial score (nSPS) is 19.9. The Bertz CT molecular complexity index is 715. The Balaban J connectivity index is 1.68. The Kier molecular flexibility index (Phi) is 5.20. The molecule has 0 radical (unpaired) electrons. The van der Waals surface area contributed by atoms with Gasteiger partial charge in [0.05, 0.1) is 12.6 Å². The first-order chi connectivity index (χ1) is 11.7. The fourth-order valence-electron chi connectivity index (χ4n) is 2.81. The smallest absolute Gasteiger partial charge is 0.145 e. The van der Waals surface area contributed by atoms with Crippen molar-refractivity contribution in [3.63, 3.8) is 0 Å². The van der Waals surface area contributed by atoms with Gasteiger partial charge in [0.1, 0.15) is 18.2 Å². The zero-order chi connectivity index (χ0) is 16.9. The van der Waals surface area contributed by atoms with E-state index in [4.69, 9.17) is 4.99 Å². The maximum absolute atomic E-state index is 11.5. The molecule has 0 spiro atoms. The summed E-state index contributed by atoms with van der Waals surface area (Å²) in [6.45, 7) is 2.60. The topological polar surface area (TPSA) is 44.7 Å². The zero-order valence-electron chi connectivity index (χ0n) is 13.6. The lowest BCUT2D eigenvalue weighted by Gasteiger charge is -2.20. The molecular formula is C19H21N3OS. The van der Waals surface area contributed by atoms with Gasteiger partial charge in [-0.15, -0.1) is 0 Å². The van der Waals surface area contributed by atoms with E-state index in [-0.39, 0.29) is 12.1 Å². The number of carbonyl (C=O) groups excluding carboxylic acids is 1. The fourth-order valence-corrected chi connectivity index (χ4v) is 3.14. The second kappa shape index (κ2) is 7.53. The number of benzene rings is 2. The van der Waals surface area contributed by atoms with Gasteiger partial charge in [-0.3, -0.25) is 9.30 Å². The SMILES string of the molecule is Cc1ccc(NCC2=NC(Cc3ccccc3)C(C=O)N2S)cc1. The van der Waals surface area contributed by atoms with Crippen molar-refractivity contribution in [3.05, 3.63) is 65.7 Å². The van der Waals surface area contributed by atoms with Crippen LogP contribution in [0.2, 0.25) is 0 Å². The molecule has 2 unspecified atom stereocenters. The van der Waals surface area contributed by atoms with Gasteiger partial charge in [0, 0.05) is 5.69 Å². The van der Waals surface area contributed by atoms with Crippen molar-refractivity contribution in [2.45, 2.75) is 25.4 Å². The minimum atomic E-state index is -0.330. The molecule has 2 aromatic carbocycles. The van der Waals surface area contributed by atoms with E-state index in [0.717, 1.165) is 24.2 Å². The molecule has 5 heteroatoms. The van der Waals surface area contributed by atoms with Gasteiger partial charge in [0.15, 0.2) is 0 Å². The number of rotatable bonds is 6. The van der Waals surface area contributed by atoms with Crippen molar-refractivity contribution in [3.8, 4) is 0 Å². The van der Waals surface area contributed by atoms with Crippen molar-refractivity contribution >= 4 is 30.6 Å². The third-order valence-electron chi connectivity index (χ3n) is 4.19. The second-order valence-electron chi connectivity index (χ2n) is 5.99. The molecule has 0 aliphatic carbocycles. The van der Waals surface area contributed by atoms with E-state index in [1.807, 2.05) is 30.3 Å². The molecule has 24 heavy (non-hydrogen) atoms. The predicted molar refractivity (Wildman–Crippen MR) is 102 cm³/mol. The van der Waals surface area contributed by atoms with Gasteiger partial charge in [-0.25, -0.2) is 0 Å². The monoisotopic (exact) mass is 339 g/mol. The first-order valence-corrected chi connectivity index (χ1v) is 8.42. The number of hydrogen-bond donors (Lipinski definition) is 2. The van der Waals surface area contributed by atoms with Crippen molar-refractivity contribution in [2.75, 3.05) is 11.9 Å². The average Bonchev–Trinajstić information content (AvgIpc) is 2.90. The molecule has 0 saturated heterocycles. The third kappa shape index (κ3) is 3.79. The highest BCUT2D eigenvalue weighted by molar-refractivity contribution is 7.78. The standard InChI is InChI=1S/C19H21N3OS/c1-14-7-9-16(10-8-14)20-12-19-21-17(18(13-23)22(19)24)11-15-5-3-2-4-6-15/h2-10,13,17-18,20,24H,11-12H2,1H3. The van der Waals surface area contributed by atoms with E-state index in [1.165, 1.54) is 11.1 Å². The van der Waals surface area contributed by atoms with Gasteiger partial charge in [0.2, 0.25) is 0 Å². The minimum absolute atomic E-state index is 0.0998. The molecule has 2 atom stereocenters. The number of nitrogens with zero attached hydrogens (tertiary/aromatic N) is 2. The minimum Gasteiger partial charge on any atom is -0.378 e. The molecule has 0 aromatic heterocycles. The highest BCUT2D eigenvalue weighted by Crippen LogP contribution is 2.22. The molecule has 0 fully saturated rings. The first-order valence-electron chi connectivity index (χ1n) is 8.02. The van der Waals surface area contributed by atoms with Gasteiger partial charge < -0.3 is 10.1 Å². The van der Waals surface area contributed by atoms with E-state index in [9.17, 15) is 4.79 Å². The van der Waals surface area contributed by atoms with Crippen LogP contribution in [-0.2, 0) is 11.2 Å². The zero-order valence-corrected chi connectivity index (χ0v) is 14.5. The Morgan fingerprint density at radius 1 is 1.17 bits per heavy atom. The summed E-state index contributed by atoms with van der Waals surface area (Å²) in [6.07, 6.45) is 1.67. The van der Waals surface area contributed by atoms with Crippen LogP contribution in [0.5, 0.6) is 0 Å². The summed E-state index contributed by atoms with van der Waals surface area (Å²) in [5, 5.41) is 3.34. The number of aldehydes is 1. The number of anilines is 1. The highest BCUT2D eigenvalue weighted by Gasteiger charge is 2.34. The van der Waals surface area contributed by atoms with E-state index in [2.05, 4.69) is 49.3 Å². The quantitative estimate of drug-likeness (QED) is 0.628. The first kappa shape index (κ1) is 16.6. The largest absolute Gasteiger partial charge is 0.378 e. The van der Waals surface area contributed by atoms with Crippen molar-refractivity contribution in [1.82, 2.24) is 4.31 Å². The van der Waals surface area contributed by atoms with Crippen LogP contribution in [0.15, 0.2) is 59.6 Å². The molecule has 0 bridgehead atoms. The molecule has 1 aliphatic heterocycles. The highest BCUT2D eigenvalue weighted by atomic mass is 32.1. The summed E-state index contributed by atoms with van der Waals surface area (Å²) in [4.78, 5) is 16.2. The molecule has 124 valence electrons. The van der Waals surface area contributed by atoms with Crippen LogP contribution in [-0.4, -0.2) is 35.1 Å². The molecule has 0 amide bonds. The number of thiol groups is 1. The number of aryl methyl sites for hydroxylation is 1. The van der Waals surface area contributed by atoms with Crippen LogP contribution in [0.4, 0.5) is 5.69 Å². The lowest BCUT2D eigenvalue weighted by molar-refractivity contribution is -0.110. The second-order valence-corrected chi connectivity index (χ2v) is 6.42. The van der Waals surface area contributed by atoms with E-state index in [1.54, 1.807) is 4.31 Å². The van der Waals surface area contributed by atoms with Crippen LogP contribution in [0, 0.1) is 6.92 Å². The summed E-state index contributed by atoms with van der Waals surface area (Å²) in [5.41, 5.74) is 3.42. The summed E-state index contributed by atoms with van der Waals surface area (Å²) in [5.74, 6) is 0.789. The van der Waals surface area contributed by atoms with Gasteiger partial charge in [-0.2, -0.15) is 0 Å². The van der Waals surface area contributed by atoms with Crippen molar-refractivity contribution in [1.29, 1.82) is 0 Å². The Morgan fingerprint density at radius 3 is 2.54 bits per heavy atom. The molecule has 1 N–H and O–H groups in total. The fraction of sp³-hybridized carbons (Fsp3) is 0.263. The maximum atomic E-state index is 11.5. The summed E-state index contributed by atoms with van der Waals surface area (Å²) in [6, 6.07) is 17.9. The lowest BCUT2D eigenvalue weighted by Crippen LogP contribution is -2.37. The van der Waals surface area contributed by atoms with Crippen LogP contribution in [0.1, 0.15) is 11.1 Å². The number of hydrogen-bond acceptors (Lipinski definition) is 5. The van der Waals surface area contributed by atoms with Gasteiger partial charge in [0.25, 0.3) is 0 Å². The molecule has 1 heterocycles. The molecular weight excluding hydrogens is 318 g/mol. The number of nitrogens with one attached hydrogen (secondary N) is 1. The molecule has 3 rings (SSSR count). The number of amidine groups is 1. The van der Waals surface area contributed by atoms with Gasteiger partial charge in [-0.05, 0) is 31.0 Å². The Labute approximate surface area is 148 Å². The number of aliphatic imine (C=N–C) groups is 1. The molecule has 0 saturated carbocycles. The Hall–Kier alpha value is -2.27. The average molecular weight is 339 g/mol.